The lowest BCUT2D eigenvalue weighted by Crippen LogP contribution is -2.22. The molecule has 1 unspecified atom stereocenters. The zero-order chi connectivity index (χ0) is 12.3. The fourth-order valence-electron chi connectivity index (χ4n) is 1.54. The lowest BCUT2D eigenvalue weighted by molar-refractivity contribution is 0.740. The van der Waals surface area contributed by atoms with Gasteiger partial charge in [-0.25, -0.2) is 15.8 Å². The molecule has 0 aromatic carbocycles. The van der Waals surface area contributed by atoms with E-state index in [0.717, 1.165) is 5.82 Å². The maximum Gasteiger partial charge on any atom is 0.145 e. The van der Waals surface area contributed by atoms with E-state index in [1.807, 2.05) is 13.1 Å². The Morgan fingerprint density at radius 1 is 1.47 bits per heavy atom. The number of nitrogens with two attached hydrogens (primary N) is 1. The highest BCUT2D eigenvalue weighted by Crippen LogP contribution is 2.27. The van der Waals surface area contributed by atoms with Gasteiger partial charge in [-0.2, -0.15) is 0 Å². The molecule has 5 nitrogen and oxygen atoms in total. The van der Waals surface area contributed by atoms with Crippen molar-refractivity contribution in [2.24, 2.45) is 5.84 Å². The minimum Gasteiger partial charge on any atom is -0.352 e. The summed E-state index contributed by atoms with van der Waals surface area (Å²) in [5, 5.41) is 2.08. The molecule has 2 rings (SSSR count). The van der Waals surface area contributed by atoms with Crippen LogP contribution in [0.2, 0.25) is 0 Å². The fraction of sp³-hybridized carbons (Fsp3) is 0.273. The summed E-state index contributed by atoms with van der Waals surface area (Å²) in [7, 11) is 2.01. The topological polar surface area (TPSA) is 67.1 Å². The summed E-state index contributed by atoms with van der Waals surface area (Å²) in [4.78, 5) is 11.6. The fourth-order valence-corrected chi connectivity index (χ4v) is 2.36. The number of hydrogen-bond acceptors (Lipinski definition) is 6. The van der Waals surface area contributed by atoms with Crippen molar-refractivity contribution in [3.8, 4) is 0 Å². The molecule has 0 saturated carbocycles. The van der Waals surface area contributed by atoms with Crippen LogP contribution in [0.1, 0.15) is 17.8 Å². The standard InChI is InChI=1S/C11H15N5S/c1-8(9-4-3-5-17-9)16(2)11-6-10(15-12)13-7-14-11/h3-8H,12H2,1-2H3,(H,13,14,15). The SMILES string of the molecule is CC(c1cccs1)N(C)c1cc(NN)ncn1. The zero-order valence-electron chi connectivity index (χ0n) is 9.79. The molecule has 2 aromatic heterocycles. The summed E-state index contributed by atoms with van der Waals surface area (Å²) < 4.78 is 0. The van der Waals surface area contributed by atoms with Gasteiger partial charge in [0, 0.05) is 18.0 Å². The number of nitrogens with zero attached hydrogens (tertiary/aromatic N) is 3. The molecule has 0 aliphatic heterocycles. The summed E-state index contributed by atoms with van der Waals surface area (Å²) in [5.41, 5.74) is 2.52. The van der Waals surface area contributed by atoms with Crippen molar-refractivity contribution in [2.75, 3.05) is 17.4 Å². The van der Waals surface area contributed by atoms with Crippen LogP contribution in [0.25, 0.3) is 0 Å². The number of anilines is 2. The van der Waals surface area contributed by atoms with Gasteiger partial charge in [0.25, 0.3) is 0 Å². The third kappa shape index (κ3) is 2.54. The first kappa shape index (κ1) is 11.8. The van der Waals surface area contributed by atoms with Gasteiger partial charge in [-0.05, 0) is 18.4 Å². The number of hydrazine groups is 1. The second-order valence-electron chi connectivity index (χ2n) is 3.71. The molecule has 0 aliphatic carbocycles. The third-order valence-corrected chi connectivity index (χ3v) is 3.74. The average Bonchev–Trinajstić information content (AvgIpc) is 2.91. The Labute approximate surface area is 104 Å². The predicted molar refractivity (Wildman–Crippen MR) is 71.0 cm³/mol. The van der Waals surface area contributed by atoms with Crippen LogP contribution >= 0.6 is 11.3 Å². The van der Waals surface area contributed by atoms with Gasteiger partial charge in [0.05, 0.1) is 6.04 Å². The average molecular weight is 249 g/mol. The Morgan fingerprint density at radius 3 is 2.94 bits per heavy atom. The van der Waals surface area contributed by atoms with E-state index in [4.69, 9.17) is 5.84 Å². The van der Waals surface area contributed by atoms with Gasteiger partial charge in [-0.15, -0.1) is 11.3 Å². The molecular weight excluding hydrogens is 234 g/mol. The van der Waals surface area contributed by atoms with E-state index in [1.54, 1.807) is 11.3 Å². The Morgan fingerprint density at radius 2 is 2.29 bits per heavy atom. The van der Waals surface area contributed by atoms with E-state index in [0.29, 0.717) is 5.82 Å². The smallest absolute Gasteiger partial charge is 0.145 e. The van der Waals surface area contributed by atoms with Crippen molar-refractivity contribution in [1.82, 2.24) is 9.97 Å². The summed E-state index contributed by atoms with van der Waals surface area (Å²) in [6.07, 6.45) is 1.50. The lowest BCUT2D eigenvalue weighted by Gasteiger charge is -2.25. The van der Waals surface area contributed by atoms with Crippen LogP contribution in [-0.2, 0) is 0 Å². The Bertz CT molecular complexity index is 470. The Balaban J connectivity index is 2.21. The van der Waals surface area contributed by atoms with Gasteiger partial charge < -0.3 is 10.3 Å². The molecule has 0 radical (unpaired) electrons. The van der Waals surface area contributed by atoms with Crippen molar-refractivity contribution < 1.29 is 0 Å². The number of nitrogens with one attached hydrogen (secondary N) is 1. The van der Waals surface area contributed by atoms with Crippen LogP contribution in [0.15, 0.2) is 29.9 Å². The highest BCUT2D eigenvalue weighted by atomic mass is 32.1. The quantitative estimate of drug-likeness (QED) is 0.641. The van der Waals surface area contributed by atoms with E-state index in [9.17, 15) is 0 Å². The normalized spacial score (nSPS) is 12.2. The van der Waals surface area contributed by atoms with Crippen molar-refractivity contribution in [3.63, 3.8) is 0 Å². The van der Waals surface area contributed by atoms with E-state index < -0.39 is 0 Å². The summed E-state index contributed by atoms with van der Waals surface area (Å²) in [6, 6.07) is 6.27. The largest absolute Gasteiger partial charge is 0.352 e. The molecule has 6 heteroatoms. The van der Waals surface area contributed by atoms with Crippen LogP contribution < -0.4 is 16.2 Å². The van der Waals surface area contributed by atoms with E-state index in [-0.39, 0.29) is 6.04 Å². The zero-order valence-corrected chi connectivity index (χ0v) is 10.6. The van der Waals surface area contributed by atoms with Gasteiger partial charge in [0.2, 0.25) is 0 Å². The Hall–Kier alpha value is -1.66. The van der Waals surface area contributed by atoms with Gasteiger partial charge in [-0.3, -0.25) is 0 Å². The molecule has 17 heavy (non-hydrogen) atoms. The molecule has 0 saturated heterocycles. The van der Waals surface area contributed by atoms with E-state index in [1.165, 1.54) is 11.2 Å². The number of thiophene rings is 1. The molecule has 1 atom stereocenters. The molecule has 0 aliphatic rings. The highest BCUT2D eigenvalue weighted by molar-refractivity contribution is 7.10. The first-order chi connectivity index (χ1) is 8.22. The van der Waals surface area contributed by atoms with Gasteiger partial charge in [0.15, 0.2) is 0 Å². The molecule has 0 spiro atoms. The lowest BCUT2D eigenvalue weighted by atomic mass is 10.2. The van der Waals surface area contributed by atoms with Crippen molar-refractivity contribution in [1.29, 1.82) is 0 Å². The number of rotatable bonds is 4. The van der Waals surface area contributed by atoms with Crippen LogP contribution in [0.3, 0.4) is 0 Å². The number of aromatic nitrogens is 2. The highest BCUT2D eigenvalue weighted by Gasteiger charge is 2.14. The van der Waals surface area contributed by atoms with Crippen molar-refractivity contribution in [2.45, 2.75) is 13.0 Å². The minimum atomic E-state index is 0.274. The Kier molecular flexibility index (Phi) is 3.55. The first-order valence-electron chi connectivity index (χ1n) is 5.27. The third-order valence-electron chi connectivity index (χ3n) is 2.70. The molecule has 2 aromatic rings. The van der Waals surface area contributed by atoms with E-state index >= 15 is 0 Å². The van der Waals surface area contributed by atoms with Crippen LogP contribution in [0, 0.1) is 0 Å². The summed E-state index contributed by atoms with van der Waals surface area (Å²) in [6.45, 7) is 2.14. The second-order valence-corrected chi connectivity index (χ2v) is 4.69. The van der Waals surface area contributed by atoms with Crippen LogP contribution in [-0.4, -0.2) is 17.0 Å². The molecule has 0 amide bonds. The molecule has 90 valence electrons. The van der Waals surface area contributed by atoms with Crippen molar-refractivity contribution in [3.05, 3.63) is 34.8 Å². The second kappa shape index (κ2) is 5.11. The predicted octanol–water partition coefficient (Wildman–Crippen LogP) is 2.02. The first-order valence-corrected chi connectivity index (χ1v) is 6.15. The molecular formula is C11H15N5S. The minimum absolute atomic E-state index is 0.274. The number of hydrogen-bond donors (Lipinski definition) is 2. The number of nitrogen functional groups attached to an aromatic ring is 1. The summed E-state index contributed by atoms with van der Waals surface area (Å²) >= 11 is 1.74. The maximum atomic E-state index is 5.33. The van der Waals surface area contributed by atoms with Crippen molar-refractivity contribution >= 4 is 23.0 Å². The maximum absolute atomic E-state index is 5.33. The van der Waals surface area contributed by atoms with E-state index in [2.05, 4.69) is 44.7 Å². The molecule has 0 fully saturated rings. The monoisotopic (exact) mass is 249 g/mol. The molecule has 2 heterocycles. The van der Waals surface area contributed by atoms with Crippen LogP contribution in [0.5, 0.6) is 0 Å². The van der Waals surface area contributed by atoms with Crippen LogP contribution in [0.4, 0.5) is 11.6 Å². The van der Waals surface area contributed by atoms with Gasteiger partial charge in [-0.1, -0.05) is 6.07 Å². The van der Waals surface area contributed by atoms with Gasteiger partial charge in [0.1, 0.15) is 18.0 Å². The van der Waals surface area contributed by atoms with Gasteiger partial charge >= 0.3 is 0 Å². The molecule has 3 N–H and O–H groups in total. The molecule has 0 bridgehead atoms. The summed E-state index contributed by atoms with van der Waals surface area (Å²) in [5.74, 6) is 6.79.